The quantitative estimate of drug-likeness (QED) is 0.775. The predicted octanol–water partition coefficient (Wildman–Crippen LogP) is 4.38. The van der Waals surface area contributed by atoms with Crippen LogP contribution in [0.3, 0.4) is 0 Å². The second kappa shape index (κ2) is 5.35. The van der Waals surface area contributed by atoms with Crippen LogP contribution < -0.4 is 5.32 Å². The number of carbonyl (C=O) groups is 1. The second-order valence-corrected chi connectivity index (χ2v) is 6.91. The second-order valence-electron chi connectivity index (χ2n) is 5.96. The number of aromatic nitrogens is 1. The van der Waals surface area contributed by atoms with E-state index in [1.807, 2.05) is 54.8 Å². The molecule has 1 aliphatic rings. The van der Waals surface area contributed by atoms with Crippen molar-refractivity contribution in [2.24, 2.45) is 0 Å². The van der Waals surface area contributed by atoms with Crippen molar-refractivity contribution in [3.8, 4) is 10.6 Å². The molecule has 1 aliphatic carbocycles. The lowest BCUT2D eigenvalue weighted by Gasteiger charge is -2.12. The number of hydrogen-bond donors (Lipinski definition) is 1. The van der Waals surface area contributed by atoms with Crippen LogP contribution in [0, 0.1) is 6.92 Å². The monoisotopic (exact) mass is 324 g/mol. The Labute approximate surface area is 138 Å². The van der Waals surface area contributed by atoms with Crippen LogP contribution in [0.4, 0.5) is 5.69 Å². The third-order valence-electron chi connectivity index (χ3n) is 4.23. The summed E-state index contributed by atoms with van der Waals surface area (Å²) < 4.78 is 5.44. The van der Waals surface area contributed by atoms with Crippen molar-refractivity contribution in [3.63, 3.8) is 0 Å². The summed E-state index contributed by atoms with van der Waals surface area (Å²) in [5, 5.41) is 9.16. The molecule has 0 saturated heterocycles. The van der Waals surface area contributed by atoms with Crippen LogP contribution in [0.25, 0.3) is 10.6 Å². The van der Waals surface area contributed by atoms with Crippen molar-refractivity contribution in [1.29, 1.82) is 0 Å². The van der Waals surface area contributed by atoms with Crippen LogP contribution in [0.5, 0.6) is 0 Å². The van der Waals surface area contributed by atoms with Gasteiger partial charge < -0.3 is 9.84 Å². The smallest absolute Gasteiger partial charge is 0.236 e. The highest BCUT2D eigenvalue weighted by atomic mass is 32.1. The number of thiophene rings is 1. The van der Waals surface area contributed by atoms with E-state index >= 15 is 0 Å². The standard InChI is InChI=1S/C18H16N2O2S/c1-12-4-2-5-13(10-12)19-17(21)18(7-8-18)16-11-14(22-20-16)15-6-3-9-23-15/h2-6,9-11H,7-8H2,1H3,(H,19,21). The van der Waals surface area contributed by atoms with E-state index in [0.29, 0.717) is 0 Å². The van der Waals surface area contributed by atoms with Gasteiger partial charge in [0.15, 0.2) is 5.76 Å². The van der Waals surface area contributed by atoms with Crippen LogP contribution in [0.15, 0.2) is 52.4 Å². The first-order valence-corrected chi connectivity index (χ1v) is 8.45. The van der Waals surface area contributed by atoms with Gasteiger partial charge in [0.2, 0.25) is 5.91 Å². The zero-order valence-electron chi connectivity index (χ0n) is 12.7. The van der Waals surface area contributed by atoms with Crippen molar-refractivity contribution in [1.82, 2.24) is 5.16 Å². The van der Waals surface area contributed by atoms with Gasteiger partial charge in [-0.2, -0.15) is 0 Å². The number of rotatable bonds is 4. The van der Waals surface area contributed by atoms with Crippen molar-refractivity contribution in [2.75, 3.05) is 5.32 Å². The summed E-state index contributed by atoms with van der Waals surface area (Å²) in [6.45, 7) is 2.01. The average Bonchev–Trinajstić information content (AvgIpc) is 2.98. The molecular weight excluding hydrogens is 308 g/mol. The highest BCUT2D eigenvalue weighted by Gasteiger charge is 2.53. The molecule has 0 aliphatic heterocycles. The number of hydrogen-bond acceptors (Lipinski definition) is 4. The minimum absolute atomic E-state index is 0.00544. The largest absolute Gasteiger partial charge is 0.355 e. The van der Waals surface area contributed by atoms with Gasteiger partial charge in [-0.15, -0.1) is 11.3 Å². The molecule has 0 unspecified atom stereocenters. The Morgan fingerprint density at radius 2 is 2.13 bits per heavy atom. The SMILES string of the molecule is Cc1cccc(NC(=O)C2(c3cc(-c4cccs4)on3)CC2)c1. The Balaban J connectivity index is 1.57. The topological polar surface area (TPSA) is 55.1 Å². The number of aryl methyl sites for hydroxylation is 1. The van der Waals surface area contributed by atoms with E-state index < -0.39 is 5.41 Å². The van der Waals surface area contributed by atoms with Gasteiger partial charge in [0, 0.05) is 11.8 Å². The molecule has 116 valence electrons. The van der Waals surface area contributed by atoms with E-state index in [1.165, 1.54) is 0 Å². The minimum Gasteiger partial charge on any atom is -0.355 e. The van der Waals surface area contributed by atoms with E-state index in [0.717, 1.165) is 40.4 Å². The van der Waals surface area contributed by atoms with Crippen molar-refractivity contribution in [3.05, 3.63) is 59.1 Å². The van der Waals surface area contributed by atoms with Crippen LogP contribution >= 0.6 is 11.3 Å². The number of nitrogens with one attached hydrogen (secondary N) is 1. The lowest BCUT2D eigenvalue weighted by atomic mass is 10.0. The van der Waals surface area contributed by atoms with Gasteiger partial charge in [0.1, 0.15) is 0 Å². The Morgan fingerprint density at radius 1 is 1.26 bits per heavy atom. The maximum Gasteiger partial charge on any atom is 0.236 e. The number of amides is 1. The van der Waals surface area contributed by atoms with E-state index in [4.69, 9.17) is 4.52 Å². The highest BCUT2D eigenvalue weighted by molar-refractivity contribution is 7.13. The fourth-order valence-electron chi connectivity index (χ4n) is 2.73. The number of carbonyl (C=O) groups excluding carboxylic acids is 1. The summed E-state index contributed by atoms with van der Waals surface area (Å²) in [6.07, 6.45) is 1.61. The fourth-order valence-corrected chi connectivity index (χ4v) is 3.41. The maximum atomic E-state index is 12.7. The van der Waals surface area contributed by atoms with Crippen molar-refractivity contribution < 1.29 is 9.32 Å². The van der Waals surface area contributed by atoms with E-state index in [1.54, 1.807) is 11.3 Å². The summed E-state index contributed by atoms with van der Waals surface area (Å²) in [7, 11) is 0. The summed E-state index contributed by atoms with van der Waals surface area (Å²) in [6, 6.07) is 13.7. The summed E-state index contributed by atoms with van der Waals surface area (Å²) >= 11 is 1.60. The first kappa shape index (κ1) is 14.2. The molecular formula is C18H16N2O2S. The molecule has 3 aromatic rings. The van der Waals surface area contributed by atoms with Crippen LogP contribution in [0.1, 0.15) is 24.1 Å². The van der Waals surface area contributed by atoms with Crippen LogP contribution in [-0.4, -0.2) is 11.1 Å². The Morgan fingerprint density at radius 3 is 2.83 bits per heavy atom. The molecule has 2 heterocycles. The van der Waals surface area contributed by atoms with Gasteiger partial charge in [0.05, 0.1) is 16.0 Å². The van der Waals surface area contributed by atoms with E-state index in [2.05, 4.69) is 10.5 Å². The molecule has 4 rings (SSSR count). The fraction of sp³-hybridized carbons (Fsp3) is 0.222. The molecule has 0 spiro atoms. The Hall–Kier alpha value is -2.40. The number of anilines is 1. The molecule has 1 aromatic carbocycles. The molecule has 1 N–H and O–H groups in total. The summed E-state index contributed by atoms with van der Waals surface area (Å²) in [5.41, 5.74) is 2.13. The summed E-state index contributed by atoms with van der Waals surface area (Å²) in [5.74, 6) is 0.721. The zero-order valence-corrected chi connectivity index (χ0v) is 13.5. The normalized spacial score (nSPS) is 15.3. The van der Waals surface area contributed by atoms with Gasteiger partial charge in [-0.1, -0.05) is 23.4 Å². The van der Waals surface area contributed by atoms with Gasteiger partial charge in [-0.05, 0) is 48.9 Å². The molecule has 0 atom stereocenters. The van der Waals surface area contributed by atoms with Crippen LogP contribution in [-0.2, 0) is 10.2 Å². The molecule has 23 heavy (non-hydrogen) atoms. The first-order valence-electron chi connectivity index (χ1n) is 7.57. The average molecular weight is 324 g/mol. The minimum atomic E-state index is -0.539. The maximum absolute atomic E-state index is 12.7. The van der Waals surface area contributed by atoms with Gasteiger partial charge in [-0.25, -0.2) is 0 Å². The van der Waals surface area contributed by atoms with Crippen LogP contribution in [0.2, 0.25) is 0 Å². The third-order valence-corrected chi connectivity index (χ3v) is 5.11. The molecule has 5 heteroatoms. The number of benzene rings is 1. The lowest BCUT2D eigenvalue weighted by Crippen LogP contribution is -2.28. The first-order chi connectivity index (χ1) is 11.2. The molecule has 0 bridgehead atoms. The Kier molecular flexibility index (Phi) is 3.31. The summed E-state index contributed by atoms with van der Waals surface area (Å²) in [4.78, 5) is 13.7. The zero-order chi connectivity index (χ0) is 15.9. The van der Waals surface area contributed by atoms with Crippen molar-refractivity contribution in [2.45, 2.75) is 25.2 Å². The Bertz CT molecular complexity index is 848. The van der Waals surface area contributed by atoms with Gasteiger partial charge >= 0.3 is 0 Å². The van der Waals surface area contributed by atoms with Crippen molar-refractivity contribution >= 4 is 22.9 Å². The molecule has 0 radical (unpaired) electrons. The van der Waals surface area contributed by atoms with E-state index in [9.17, 15) is 4.79 Å². The molecule has 1 amide bonds. The number of nitrogens with zero attached hydrogens (tertiary/aromatic N) is 1. The highest BCUT2D eigenvalue weighted by Crippen LogP contribution is 2.49. The van der Waals surface area contributed by atoms with Gasteiger partial charge in [-0.3, -0.25) is 4.79 Å². The lowest BCUT2D eigenvalue weighted by molar-refractivity contribution is -0.118. The predicted molar refractivity (Wildman–Crippen MR) is 90.5 cm³/mol. The molecule has 1 fully saturated rings. The third kappa shape index (κ3) is 2.57. The van der Waals surface area contributed by atoms with E-state index in [-0.39, 0.29) is 5.91 Å². The van der Waals surface area contributed by atoms with Gasteiger partial charge in [0.25, 0.3) is 0 Å². The molecule has 2 aromatic heterocycles. The molecule has 1 saturated carbocycles. The molecule has 4 nitrogen and oxygen atoms in total.